The molecule has 5 heteroatoms. The molecule has 1 aliphatic carbocycles. The van der Waals surface area contributed by atoms with Crippen LogP contribution in [0.1, 0.15) is 37.3 Å². The molecule has 0 saturated heterocycles. The number of halogens is 2. The zero-order valence-corrected chi connectivity index (χ0v) is 13.6. The van der Waals surface area contributed by atoms with Crippen LogP contribution in [0.3, 0.4) is 0 Å². The van der Waals surface area contributed by atoms with E-state index in [2.05, 4.69) is 0 Å². The number of rotatable bonds is 5. The number of hydrogen-bond acceptors (Lipinski definition) is 1. The molecule has 1 aliphatic rings. The zero-order chi connectivity index (χ0) is 14.7. The maximum absolute atomic E-state index is 13.8. The third-order valence-electron chi connectivity index (χ3n) is 3.78. The summed E-state index contributed by atoms with van der Waals surface area (Å²) in [7, 11) is 0. The minimum atomic E-state index is -0.711. The fraction of sp³-hybridized carbons (Fsp3) is 0.533. The van der Waals surface area contributed by atoms with Crippen LogP contribution in [0.15, 0.2) is 12.1 Å². The number of aliphatic carboxylic acids is 1. The van der Waals surface area contributed by atoms with Gasteiger partial charge in [0.1, 0.15) is 0 Å². The zero-order valence-electron chi connectivity index (χ0n) is 11.5. The standard InChI is InChI=1S/C15H19AsF2O2/c1-2-3-13(15(19)20)16-10-5-4-9-6-11(17)8-14(18)12(9)7-10/h6,8,10,13,16H,2-5,7H2,1H3,(H,19,20). The van der Waals surface area contributed by atoms with Crippen molar-refractivity contribution in [3.05, 3.63) is 34.9 Å². The molecule has 0 radical (unpaired) electrons. The maximum atomic E-state index is 13.8. The van der Waals surface area contributed by atoms with Gasteiger partial charge in [0.05, 0.1) is 0 Å². The average molecular weight is 344 g/mol. The van der Waals surface area contributed by atoms with Crippen LogP contribution in [0, 0.1) is 11.6 Å². The summed E-state index contributed by atoms with van der Waals surface area (Å²) in [6, 6.07) is 2.34. The van der Waals surface area contributed by atoms with Crippen molar-refractivity contribution < 1.29 is 18.7 Å². The van der Waals surface area contributed by atoms with E-state index in [4.69, 9.17) is 0 Å². The average Bonchev–Trinajstić information content (AvgIpc) is 2.38. The van der Waals surface area contributed by atoms with Gasteiger partial charge in [0, 0.05) is 0 Å². The first kappa shape index (κ1) is 15.5. The fourth-order valence-electron chi connectivity index (χ4n) is 2.78. The number of fused-ring (bicyclic) bond motifs is 1. The van der Waals surface area contributed by atoms with Gasteiger partial charge in [-0.15, -0.1) is 0 Å². The summed E-state index contributed by atoms with van der Waals surface area (Å²) in [5.41, 5.74) is 1.36. The molecule has 1 aromatic carbocycles. The quantitative estimate of drug-likeness (QED) is 0.832. The molecule has 3 atom stereocenters. The van der Waals surface area contributed by atoms with Crippen LogP contribution < -0.4 is 0 Å². The van der Waals surface area contributed by atoms with Crippen molar-refractivity contribution in [3.63, 3.8) is 0 Å². The Morgan fingerprint density at radius 1 is 1.50 bits per heavy atom. The summed E-state index contributed by atoms with van der Waals surface area (Å²) in [5.74, 6) is -1.71. The first-order valence-electron chi connectivity index (χ1n) is 6.97. The Morgan fingerprint density at radius 2 is 2.25 bits per heavy atom. The molecule has 110 valence electrons. The van der Waals surface area contributed by atoms with Crippen LogP contribution in [-0.4, -0.2) is 26.8 Å². The number of aryl methyl sites for hydroxylation is 1. The molecule has 0 spiro atoms. The van der Waals surface area contributed by atoms with Crippen molar-refractivity contribution in [2.24, 2.45) is 0 Å². The van der Waals surface area contributed by atoms with Crippen LogP contribution >= 0.6 is 0 Å². The first-order chi connectivity index (χ1) is 9.51. The number of carboxylic acids is 1. The molecule has 0 saturated carbocycles. The van der Waals surface area contributed by atoms with Gasteiger partial charge < -0.3 is 0 Å². The Morgan fingerprint density at radius 3 is 2.90 bits per heavy atom. The Balaban J connectivity index is 2.09. The monoisotopic (exact) mass is 344 g/mol. The molecule has 20 heavy (non-hydrogen) atoms. The van der Waals surface area contributed by atoms with Gasteiger partial charge in [-0.05, 0) is 0 Å². The predicted octanol–water partition coefficient (Wildman–Crippen LogP) is 3.35. The molecule has 1 N–H and O–H groups in total. The molecule has 0 heterocycles. The molecule has 2 nitrogen and oxygen atoms in total. The van der Waals surface area contributed by atoms with E-state index >= 15 is 0 Å². The van der Waals surface area contributed by atoms with Gasteiger partial charge in [0.25, 0.3) is 0 Å². The van der Waals surface area contributed by atoms with Crippen molar-refractivity contribution in [3.8, 4) is 0 Å². The van der Waals surface area contributed by atoms with E-state index in [9.17, 15) is 18.7 Å². The van der Waals surface area contributed by atoms with Crippen LogP contribution in [-0.2, 0) is 17.6 Å². The van der Waals surface area contributed by atoms with Crippen LogP contribution in [0.2, 0.25) is 9.41 Å². The molecular formula is C15H19AsF2O2. The minimum absolute atomic E-state index is 0.227. The second-order valence-electron chi connectivity index (χ2n) is 5.31. The second kappa shape index (κ2) is 6.71. The van der Waals surface area contributed by atoms with Crippen LogP contribution in [0.25, 0.3) is 0 Å². The van der Waals surface area contributed by atoms with E-state index in [0.717, 1.165) is 24.5 Å². The molecule has 0 aliphatic heterocycles. The van der Waals surface area contributed by atoms with Gasteiger partial charge in [0.2, 0.25) is 0 Å². The summed E-state index contributed by atoms with van der Waals surface area (Å²) < 4.78 is 27.0. The number of hydrogen-bond donors (Lipinski definition) is 1. The van der Waals surface area contributed by atoms with E-state index < -0.39 is 33.4 Å². The molecule has 3 unspecified atom stereocenters. The molecule has 0 bridgehead atoms. The van der Waals surface area contributed by atoms with Gasteiger partial charge in [-0.1, -0.05) is 0 Å². The summed E-state index contributed by atoms with van der Waals surface area (Å²) in [5, 5.41) is 9.23. The van der Waals surface area contributed by atoms with E-state index in [1.54, 1.807) is 0 Å². The molecule has 0 amide bonds. The van der Waals surface area contributed by atoms with Gasteiger partial charge in [-0.25, -0.2) is 0 Å². The van der Waals surface area contributed by atoms with E-state index in [0.29, 0.717) is 29.5 Å². The number of carbonyl (C=O) groups is 1. The SMILES string of the molecule is CCCC([AsH]C1CCc2cc(F)cc(F)c2C1)C(=O)O. The molecule has 2 rings (SSSR count). The van der Waals surface area contributed by atoms with Crippen molar-refractivity contribution in [2.75, 3.05) is 0 Å². The van der Waals surface area contributed by atoms with E-state index in [-0.39, 0.29) is 4.71 Å². The molecular weight excluding hydrogens is 325 g/mol. The number of carboxylic acid groups (broad SMARTS) is 1. The fourth-order valence-corrected chi connectivity index (χ4v) is 6.56. The van der Waals surface area contributed by atoms with Gasteiger partial charge in [-0.2, -0.15) is 0 Å². The predicted molar refractivity (Wildman–Crippen MR) is 75.6 cm³/mol. The summed E-state index contributed by atoms with van der Waals surface area (Å²) in [6.45, 7) is 1.99. The van der Waals surface area contributed by atoms with E-state index in [1.165, 1.54) is 6.07 Å². The Labute approximate surface area is 124 Å². The number of benzene rings is 1. The van der Waals surface area contributed by atoms with Gasteiger partial charge >= 0.3 is 124 Å². The van der Waals surface area contributed by atoms with Gasteiger partial charge in [-0.3, -0.25) is 0 Å². The molecule has 0 fully saturated rings. The summed E-state index contributed by atoms with van der Waals surface area (Å²) in [6.07, 6.45) is 3.68. The Hall–Kier alpha value is -0.892. The van der Waals surface area contributed by atoms with Crippen molar-refractivity contribution in [1.82, 2.24) is 0 Å². The second-order valence-corrected chi connectivity index (χ2v) is 9.19. The van der Waals surface area contributed by atoms with Crippen LogP contribution in [0.4, 0.5) is 8.78 Å². The third-order valence-corrected chi connectivity index (χ3v) is 7.77. The Bertz CT molecular complexity index is 505. The summed E-state index contributed by atoms with van der Waals surface area (Å²) >= 11 is -0.665. The first-order valence-corrected chi connectivity index (χ1v) is 9.39. The van der Waals surface area contributed by atoms with Crippen molar-refractivity contribution in [2.45, 2.75) is 48.4 Å². The van der Waals surface area contributed by atoms with Gasteiger partial charge in [0.15, 0.2) is 0 Å². The third kappa shape index (κ3) is 3.60. The van der Waals surface area contributed by atoms with Crippen molar-refractivity contribution >= 4 is 21.7 Å². The molecule has 0 aromatic heterocycles. The topological polar surface area (TPSA) is 37.3 Å². The molecule has 1 aromatic rings. The Kier molecular flexibility index (Phi) is 5.20. The van der Waals surface area contributed by atoms with Crippen molar-refractivity contribution in [1.29, 1.82) is 0 Å². The van der Waals surface area contributed by atoms with E-state index in [1.807, 2.05) is 6.92 Å². The normalized spacial score (nSPS) is 20.1. The summed E-state index contributed by atoms with van der Waals surface area (Å²) in [4.78, 5) is 11.2. The van der Waals surface area contributed by atoms with Crippen LogP contribution in [0.5, 0.6) is 0 Å².